The molecule has 0 radical (unpaired) electrons. The van der Waals surface area contributed by atoms with Gasteiger partial charge in [0.25, 0.3) is 0 Å². The highest BCUT2D eigenvalue weighted by Gasteiger charge is 2.28. The molecule has 34 heavy (non-hydrogen) atoms. The molecule has 3 heterocycles. The van der Waals surface area contributed by atoms with Crippen LogP contribution in [-0.4, -0.2) is 44.7 Å². The molecular weight excluding hydrogens is 442 g/mol. The van der Waals surface area contributed by atoms with Crippen LogP contribution in [-0.2, 0) is 7.05 Å². The third kappa shape index (κ3) is 4.02. The zero-order valence-electron chi connectivity index (χ0n) is 18.2. The molecule has 0 spiro atoms. The van der Waals surface area contributed by atoms with Crippen LogP contribution in [0.5, 0.6) is 11.8 Å². The Morgan fingerprint density at radius 2 is 1.91 bits per heavy atom. The number of rotatable bonds is 6. The topological polar surface area (TPSA) is 77.7 Å². The van der Waals surface area contributed by atoms with Crippen LogP contribution in [0.15, 0.2) is 59.9 Å². The summed E-state index contributed by atoms with van der Waals surface area (Å²) >= 11 is 0. The Labute approximate surface area is 193 Å². The maximum Gasteiger partial charge on any atom is 0.387 e. The van der Waals surface area contributed by atoms with Gasteiger partial charge in [-0.3, -0.25) is 4.68 Å². The lowest BCUT2D eigenvalue weighted by molar-refractivity contribution is -0.0498. The highest BCUT2D eigenvalue weighted by molar-refractivity contribution is 6.09. The Morgan fingerprint density at radius 3 is 2.68 bits per heavy atom. The summed E-state index contributed by atoms with van der Waals surface area (Å²) in [4.78, 5) is 15.8. The molecule has 10 heteroatoms. The largest absolute Gasteiger partial charge is 0.460 e. The fraction of sp³-hybridized carbons (Fsp3) is 0.250. The van der Waals surface area contributed by atoms with Gasteiger partial charge in [-0.05, 0) is 54.8 Å². The van der Waals surface area contributed by atoms with Crippen LogP contribution in [0.4, 0.5) is 26.0 Å². The smallest absolute Gasteiger partial charge is 0.387 e. The van der Waals surface area contributed by atoms with Gasteiger partial charge in [-0.25, -0.2) is 9.98 Å². The molecule has 172 valence electrons. The van der Waals surface area contributed by atoms with Crippen molar-refractivity contribution in [3.8, 4) is 11.8 Å². The number of alkyl halides is 2. The average Bonchev–Trinajstić information content (AvgIpc) is 3.55. The van der Waals surface area contributed by atoms with Gasteiger partial charge >= 0.3 is 12.6 Å². The summed E-state index contributed by atoms with van der Waals surface area (Å²) in [6.07, 6.45) is 5.76. The lowest BCUT2D eigenvalue weighted by atomic mass is 10.1. The van der Waals surface area contributed by atoms with Crippen molar-refractivity contribution in [2.75, 3.05) is 11.4 Å². The lowest BCUT2D eigenvalue weighted by Gasteiger charge is -2.29. The number of nitrogens with zero attached hydrogens (tertiary/aromatic N) is 6. The lowest BCUT2D eigenvalue weighted by Crippen LogP contribution is -2.30. The minimum atomic E-state index is -2.88. The van der Waals surface area contributed by atoms with Gasteiger partial charge in [-0.1, -0.05) is 6.07 Å². The maximum absolute atomic E-state index is 12.6. The third-order valence-electron chi connectivity index (χ3n) is 5.67. The fourth-order valence-corrected chi connectivity index (χ4v) is 3.93. The van der Waals surface area contributed by atoms with Crippen LogP contribution in [0, 0.1) is 0 Å². The predicted molar refractivity (Wildman–Crippen MR) is 123 cm³/mol. The number of halogens is 2. The second kappa shape index (κ2) is 8.05. The van der Waals surface area contributed by atoms with E-state index in [1.54, 1.807) is 23.0 Å². The van der Waals surface area contributed by atoms with E-state index in [0.717, 1.165) is 40.7 Å². The normalized spacial score (nSPS) is 15.4. The molecule has 4 aromatic rings. The third-order valence-corrected chi connectivity index (χ3v) is 5.67. The van der Waals surface area contributed by atoms with E-state index >= 15 is 0 Å². The first-order chi connectivity index (χ1) is 16.5. The highest BCUT2D eigenvalue weighted by Crippen LogP contribution is 2.38. The zero-order chi connectivity index (χ0) is 23.2. The van der Waals surface area contributed by atoms with Crippen molar-refractivity contribution in [3.63, 3.8) is 0 Å². The Kier molecular flexibility index (Phi) is 4.86. The van der Waals surface area contributed by atoms with E-state index in [1.165, 1.54) is 12.1 Å². The Bertz CT molecular complexity index is 1400. The fourth-order valence-electron chi connectivity index (χ4n) is 3.93. The number of hydrogen-bond acceptors (Lipinski definition) is 7. The van der Waals surface area contributed by atoms with Gasteiger partial charge < -0.3 is 14.4 Å². The van der Waals surface area contributed by atoms with E-state index < -0.39 is 6.61 Å². The standard InChI is InChI=1S/C24H20F2N6O2/c1-31-12-15-10-14(2-9-19(15)30-31)21-13-32(16-3-5-17(6-4-16)33-23(25)26)22-20(28-21)11-27-24(29-22)34-18-7-8-18/h2-6,9-12,18,23H,7-8,13H2,1H3. The first-order valence-corrected chi connectivity index (χ1v) is 10.9. The molecule has 0 unspecified atom stereocenters. The van der Waals surface area contributed by atoms with Crippen LogP contribution in [0.3, 0.4) is 0 Å². The molecule has 1 saturated carbocycles. The molecule has 1 fully saturated rings. The number of hydrogen-bond donors (Lipinski definition) is 0. The summed E-state index contributed by atoms with van der Waals surface area (Å²) < 4.78 is 37.3. The second-order valence-corrected chi connectivity index (χ2v) is 8.27. The Morgan fingerprint density at radius 1 is 1.09 bits per heavy atom. The molecule has 1 aliphatic heterocycles. The summed E-state index contributed by atoms with van der Waals surface area (Å²) in [5.41, 5.74) is 4.04. The van der Waals surface area contributed by atoms with Gasteiger partial charge in [-0.15, -0.1) is 0 Å². The summed E-state index contributed by atoms with van der Waals surface area (Å²) in [6.45, 7) is -2.45. The molecule has 2 aromatic heterocycles. The van der Waals surface area contributed by atoms with Gasteiger partial charge in [0.1, 0.15) is 17.5 Å². The summed E-state index contributed by atoms with van der Waals surface area (Å²) in [7, 11) is 1.88. The second-order valence-electron chi connectivity index (χ2n) is 8.27. The van der Waals surface area contributed by atoms with Gasteiger partial charge in [0, 0.05) is 24.3 Å². The van der Waals surface area contributed by atoms with Crippen LogP contribution in [0.2, 0.25) is 0 Å². The van der Waals surface area contributed by atoms with Gasteiger partial charge in [0.15, 0.2) is 5.82 Å². The number of ether oxygens (including phenoxy) is 2. The van der Waals surface area contributed by atoms with Crippen molar-refractivity contribution >= 4 is 33.8 Å². The molecule has 0 N–H and O–H groups in total. The first-order valence-electron chi connectivity index (χ1n) is 10.9. The number of aliphatic imine (C=N–C) groups is 1. The van der Waals surface area contributed by atoms with Gasteiger partial charge in [-0.2, -0.15) is 18.9 Å². The summed E-state index contributed by atoms with van der Waals surface area (Å²) in [6, 6.07) is 12.8. The number of anilines is 2. The van der Waals surface area contributed by atoms with Crippen LogP contribution >= 0.6 is 0 Å². The Balaban J connectivity index is 1.40. The van der Waals surface area contributed by atoms with Crippen molar-refractivity contribution in [2.45, 2.75) is 25.6 Å². The molecule has 0 atom stereocenters. The molecule has 0 saturated heterocycles. The molecule has 6 rings (SSSR count). The molecule has 2 aliphatic rings. The highest BCUT2D eigenvalue weighted by atomic mass is 19.3. The molecule has 0 amide bonds. The maximum atomic E-state index is 12.6. The SMILES string of the molecule is Cn1cc2cc(C3=Nc4cnc(OC5CC5)nc4N(c4ccc(OC(F)F)cc4)C3)ccc2n1. The monoisotopic (exact) mass is 462 g/mol. The van der Waals surface area contributed by atoms with E-state index in [-0.39, 0.29) is 11.9 Å². The van der Waals surface area contributed by atoms with Crippen LogP contribution < -0.4 is 14.4 Å². The van der Waals surface area contributed by atoms with E-state index in [0.29, 0.717) is 24.1 Å². The van der Waals surface area contributed by atoms with Crippen molar-refractivity contribution in [3.05, 3.63) is 60.4 Å². The van der Waals surface area contributed by atoms with E-state index in [1.807, 2.05) is 30.3 Å². The zero-order valence-corrected chi connectivity index (χ0v) is 18.2. The van der Waals surface area contributed by atoms with E-state index in [9.17, 15) is 8.78 Å². The predicted octanol–water partition coefficient (Wildman–Crippen LogP) is 4.78. The summed E-state index contributed by atoms with van der Waals surface area (Å²) in [5.74, 6) is 0.687. The number of aromatic nitrogens is 4. The molecule has 0 bridgehead atoms. The number of benzene rings is 2. The van der Waals surface area contributed by atoms with Crippen LogP contribution in [0.25, 0.3) is 10.9 Å². The quantitative estimate of drug-likeness (QED) is 0.411. The minimum absolute atomic E-state index is 0.0901. The number of aryl methyl sites for hydroxylation is 1. The van der Waals surface area contributed by atoms with Crippen molar-refractivity contribution in [2.24, 2.45) is 12.0 Å². The van der Waals surface area contributed by atoms with Crippen molar-refractivity contribution < 1.29 is 18.3 Å². The van der Waals surface area contributed by atoms with E-state index in [2.05, 4.69) is 25.9 Å². The van der Waals surface area contributed by atoms with Crippen molar-refractivity contribution in [1.82, 2.24) is 19.7 Å². The van der Waals surface area contributed by atoms with Gasteiger partial charge in [0.05, 0.1) is 24.0 Å². The van der Waals surface area contributed by atoms with Crippen LogP contribution in [0.1, 0.15) is 18.4 Å². The van der Waals surface area contributed by atoms with Gasteiger partial charge in [0.2, 0.25) is 0 Å². The van der Waals surface area contributed by atoms with Crippen molar-refractivity contribution in [1.29, 1.82) is 0 Å². The Hall–Kier alpha value is -4.08. The average molecular weight is 462 g/mol. The molecule has 2 aromatic carbocycles. The molecule has 8 nitrogen and oxygen atoms in total. The van der Waals surface area contributed by atoms with E-state index in [4.69, 9.17) is 9.73 Å². The first kappa shape index (κ1) is 20.5. The molecular formula is C24H20F2N6O2. The minimum Gasteiger partial charge on any atom is -0.460 e. The summed E-state index contributed by atoms with van der Waals surface area (Å²) in [5, 5.41) is 5.44. The number of fused-ring (bicyclic) bond motifs is 2. The molecule has 1 aliphatic carbocycles.